The Morgan fingerprint density at radius 1 is 1.27 bits per heavy atom. The van der Waals surface area contributed by atoms with Gasteiger partial charge in [0.2, 0.25) is 18.4 Å². The number of nitrogens with two attached hydrogens (primary N) is 1. The van der Waals surface area contributed by atoms with E-state index in [1.165, 1.54) is 4.68 Å². The fourth-order valence-corrected chi connectivity index (χ4v) is 2.43. The van der Waals surface area contributed by atoms with Crippen LogP contribution in [0.3, 0.4) is 0 Å². The predicted octanol–water partition coefficient (Wildman–Crippen LogP) is 1.11. The first-order valence-electron chi connectivity index (χ1n) is 7.62. The molecule has 1 aliphatic heterocycles. The van der Waals surface area contributed by atoms with Crippen LogP contribution in [0.1, 0.15) is 23.9 Å². The molecule has 2 aromatic heterocycles. The van der Waals surface area contributed by atoms with Gasteiger partial charge < -0.3 is 15.2 Å². The number of nitrogens with zero attached hydrogens (tertiary/aromatic N) is 7. The Morgan fingerprint density at radius 2 is 2.12 bits per heavy atom. The Balaban J connectivity index is 1.55. The van der Waals surface area contributed by atoms with Crippen LogP contribution in [0.2, 0.25) is 0 Å². The molecule has 0 bridgehead atoms. The van der Waals surface area contributed by atoms with E-state index >= 15 is 0 Å². The lowest BCUT2D eigenvalue weighted by Gasteiger charge is -1.98. The summed E-state index contributed by atoms with van der Waals surface area (Å²) < 4.78 is 16.6. The zero-order valence-electron chi connectivity index (χ0n) is 13.9. The summed E-state index contributed by atoms with van der Waals surface area (Å²) >= 11 is 0. The molecule has 0 aliphatic carbocycles. The van der Waals surface area contributed by atoms with Crippen molar-refractivity contribution >= 4 is 17.7 Å². The SMILES string of the molecule is C/C(=N/N=C\c1ccc2c(c1)OCO2)c1nnn(-c2nonc2N)c1C. The van der Waals surface area contributed by atoms with E-state index < -0.39 is 0 Å². The number of nitrogen functional groups attached to an aromatic ring is 1. The van der Waals surface area contributed by atoms with Crippen LogP contribution in [0.15, 0.2) is 33.0 Å². The molecule has 0 saturated heterocycles. The first-order valence-corrected chi connectivity index (χ1v) is 7.62. The van der Waals surface area contributed by atoms with Gasteiger partial charge in [-0.15, -0.1) is 5.10 Å². The third-order valence-electron chi connectivity index (χ3n) is 3.74. The van der Waals surface area contributed by atoms with E-state index in [0.29, 0.717) is 22.8 Å². The summed E-state index contributed by atoms with van der Waals surface area (Å²) in [5.41, 5.74) is 8.36. The molecule has 2 N–H and O–H groups in total. The van der Waals surface area contributed by atoms with Crippen molar-refractivity contribution in [3.05, 3.63) is 35.2 Å². The monoisotopic (exact) mass is 354 g/mol. The average Bonchev–Trinajstić information content (AvgIpc) is 3.34. The molecule has 1 aliphatic rings. The number of aromatic nitrogens is 5. The molecule has 26 heavy (non-hydrogen) atoms. The van der Waals surface area contributed by atoms with Crippen LogP contribution in [0.25, 0.3) is 5.82 Å². The maximum Gasteiger partial charge on any atom is 0.243 e. The van der Waals surface area contributed by atoms with Gasteiger partial charge in [0.1, 0.15) is 5.69 Å². The first-order chi connectivity index (χ1) is 12.6. The lowest BCUT2D eigenvalue weighted by atomic mass is 10.2. The maximum atomic E-state index is 5.68. The van der Waals surface area contributed by atoms with Crippen LogP contribution in [0, 0.1) is 6.92 Å². The topological polar surface area (TPSA) is 139 Å². The minimum absolute atomic E-state index is 0.125. The molecule has 3 heterocycles. The smallest absolute Gasteiger partial charge is 0.243 e. The number of ether oxygens (including phenoxy) is 2. The Hall–Kier alpha value is -3.76. The third kappa shape index (κ3) is 2.75. The van der Waals surface area contributed by atoms with E-state index in [-0.39, 0.29) is 18.4 Å². The van der Waals surface area contributed by atoms with Gasteiger partial charge >= 0.3 is 0 Å². The Labute approximate surface area is 147 Å². The number of rotatable bonds is 4. The second-order valence-electron chi connectivity index (χ2n) is 5.45. The fraction of sp³-hybridized carbons (Fsp3) is 0.200. The lowest BCUT2D eigenvalue weighted by Crippen LogP contribution is -2.04. The van der Waals surface area contributed by atoms with Gasteiger partial charge in [0.15, 0.2) is 11.5 Å². The van der Waals surface area contributed by atoms with Crippen LogP contribution >= 0.6 is 0 Å². The second-order valence-corrected chi connectivity index (χ2v) is 5.45. The normalized spacial score (nSPS) is 13.7. The van der Waals surface area contributed by atoms with Crippen LogP contribution in [-0.2, 0) is 0 Å². The van der Waals surface area contributed by atoms with Crippen molar-refractivity contribution in [1.29, 1.82) is 0 Å². The van der Waals surface area contributed by atoms with Gasteiger partial charge in [-0.2, -0.15) is 14.9 Å². The number of fused-ring (bicyclic) bond motifs is 1. The van der Waals surface area contributed by atoms with Crippen molar-refractivity contribution in [2.75, 3.05) is 12.5 Å². The van der Waals surface area contributed by atoms with Crippen molar-refractivity contribution in [2.45, 2.75) is 13.8 Å². The van der Waals surface area contributed by atoms with Crippen molar-refractivity contribution in [3.8, 4) is 17.3 Å². The highest BCUT2D eigenvalue weighted by molar-refractivity contribution is 5.98. The average molecular weight is 354 g/mol. The summed E-state index contributed by atoms with van der Waals surface area (Å²) in [6.07, 6.45) is 1.62. The molecule has 0 radical (unpaired) electrons. The summed E-state index contributed by atoms with van der Waals surface area (Å²) in [6, 6.07) is 5.52. The molecule has 11 nitrogen and oxygen atoms in total. The van der Waals surface area contributed by atoms with Crippen LogP contribution in [-0.4, -0.2) is 44.0 Å². The third-order valence-corrected chi connectivity index (χ3v) is 3.74. The highest BCUT2D eigenvalue weighted by Crippen LogP contribution is 2.32. The zero-order valence-corrected chi connectivity index (χ0v) is 13.9. The van der Waals surface area contributed by atoms with E-state index in [1.807, 2.05) is 25.1 Å². The number of hydrogen-bond acceptors (Lipinski definition) is 10. The molecule has 0 fully saturated rings. The molecule has 1 aromatic carbocycles. The molecule has 0 amide bonds. The minimum atomic E-state index is 0.125. The van der Waals surface area contributed by atoms with Crippen molar-refractivity contribution in [2.24, 2.45) is 10.2 Å². The Kier molecular flexibility index (Phi) is 3.80. The van der Waals surface area contributed by atoms with Crippen LogP contribution < -0.4 is 15.2 Å². The largest absolute Gasteiger partial charge is 0.454 e. The molecular formula is C15H14N8O3. The van der Waals surface area contributed by atoms with Crippen LogP contribution in [0.4, 0.5) is 5.82 Å². The Morgan fingerprint density at radius 3 is 2.92 bits per heavy atom. The number of hydrogen-bond donors (Lipinski definition) is 1. The summed E-state index contributed by atoms with van der Waals surface area (Å²) in [4.78, 5) is 0. The van der Waals surface area contributed by atoms with Crippen molar-refractivity contribution in [1.82, 2.24) is 25.3 Å². The quantitative estimate of drug-likeness (QED) is 0.543. The van der Waals surface area contributed by atoms with E-state index in [9.17, 15) is 0 Å². The summed E-state index contributed by atoms with van der Waals surface area (Å²) in [5.74, 6) is 1.81. The molecule has 0 unspecified atom stereocenters. The molecule has 3 aromatic rings. The van der Waals surface area contributed by atoms with Gasteiger partial charge in [0.05, 0.1) is 17.6 Å². The lowest BCUT2D eigenvalue weighted by molar-refractivity contribution is 0.174. The van der Waals surface area contributed by atoms with Gasteiger partial charge in [0.25, 0.3) is 0 Å². The van der Waals surface area contributed by atoms with Gasteiger partial charge in [-0.25, -0.2) is 4.63 Å². The molecule has 11 heteroatoms. The van der Waals surface area contributed by atoms with Gasteiger partial charge in [-0.3, -0.25) is 0 Å². The van der Waals surface area contributed by atoms with E-state index in [4.69, 9.17) is 15.2 Å². The second kappa shape index (κ2) is 6.27. The van der Waals surface area contributed by atoms with Gasteiger partial charge in [-0.1, -0.05) is 5.21 Å². The van der Waals surface area contributed by atoms with E-state index in [1.54, 1.807) is 13.1 Å². The van der Waals surface area contributed by atoms with E-state index in [0.717, 1.165) is 11.3 Å². The summed E-state index contributed by atoms with van der Waals surface area (Å²) in [6.45, 7) is 3.82. The van der Waals surface area contributed by atoms with Gasteiger partial charge in [0, 0.05) is 0 Å². The molecule has 132 valence electrons. The fourth-order valence-electron chi connectivity index (χ4n) is 2.43. The molecule has 0 spiro atoms. The van der Waals surface area contributed by atoms with Gasteiger partial charge in [-0.05, 0) is 47.9 Å². The summed E-state index contributed by atoms with van der Waals surface area (Å²) in [5, 5.41) is 23.6. The highest BCUT2D eigenvalue weighted by Gasteiger charge is 2.18. The predicted molar refractivity (Wildman–Crippen MR) is 90.7 cm³/mol. The molecular weight excluding hydrogens is 340 g/mol. The highest BCUT2D eigenvalue weighted by atomic mass is 16.7. The molecule has 0 atom stereocenters. The standard InChI is InChI=1S/C15H14N8O3/c1-8(13-9(2)23(22-19-13)15-14(16)20-26-21-15)18-17-6-10-3-4-11-12(5-10)25-7-24-11/h3-6H,7H2,1-2H3,(H2,16,20)/b17-6-,18-8-. The Bertz CT molecular complexity index is 1020. The first kappa shape index (κ1) is 15.7. The maximum absolute atomic E-state index is 5.68. The summed E-state index contributed by atoms with van der Waals surface area (Å²) in [7, 11) is 0. The van der Waals surface area contributed by atoms with Crippen LogP contribution in [0.5, 0.6) is 11.5 Å². The van der Waals surface area contributed by atoms with Crippen molar-refractivity contribution < 1.29 is 14.1 Å². The zero-order chi connectivity index (χ0) is 18.1. The van der Waals surface area contributed by atoms with E-state index in [2.05, 4.69) is 35.5 Å². The number of anilines is 1. The number of benzene rings is 1. The molecule has 0 saturated carbocycles. The van der Waals surface area contributed by atoms with Crippen molar-refractivity contribution in [3.63, 3.8) is 0 Å². The molecule has 4 rings (SSSR count). The minimum Gasteiger partial charge on any atom is -0.454 e.